The molecule has 6 nitrogen and oxygen atoms in total. The highest BCUT2D eigenvalue weighted by molar-refractivity contribution is 6.06. The molecule has 1 aliphatic heterocycles. The van der Waals surface area contributed by atoms with Crippen molar-refractivity contribution in [2.75, 3.05) is 5.32 Å². The monoisotopic (exact) mass is 399 g/mol. The highest BCUT2D eigenvalue weighted by Gasteiger charge is 2.18. The number of fused-ring (bicyclic) bond motifs is 2. The quantitative estimate of drug-likeness (QED) is 0.542. The fraction of sp³-hybridized carbons (Fsp3) is 0.292. The summed E-state index contributed by atoms with van der Waals surface area (Å²) in [4.78, 5) is 13.1. The van der Waals surface area contributed by atoms with E-state index in [-0.39, 0.29) is 5.91 Å². The topological polar surface area (TPSA) is 64.7 Å². The first-order valence-corrected chi connectivity index (χ1v) is 10.5. The molecule has 0 unspecified atom stereocenters. The summed E-state index contributed by atoms with van der Waals surface area (Å²) in [7, 11) is 1.92. The van der Waals surface area contributed by atoms with E-state index in [0.29, 0.717) is 5.69 Å². The van der Waals surface area contributed by atoms with Crippen LogP contribution in [0.5, 0.6) is 0 Å². The van der Waals surface area contributed by atoms with Crippen molar-refractivity contribution < 1.29 is 4.79 Å². The van der Waals surface area contributed by atoms with Gasteiger partial charge in [0.1, 0.15) is 11.5 Å². The number of aromatic nitrogens is 4. The van der Waals surface area contributed by atoms with Crippen molar-refractivity contribution >= 4 is 22.5 Å². The number of benzene rings is 2. The Morgan fingerprint density at radius 3 is 2.77 bits per heavy atom. The van der Waals surface area contributed by atoms with Crippen molar-refractivity contribution in [1.82, 2.24) is 19.3 Å². The van der Waals surface area contributed by atoms with E-state index >= 15 is 0 Å². The van der Waals surface area contributed by atoms with Crippen molar-refractivity contribution in [3.05, 3.63) is 65.6 Å². The Morgan fingerprint density at radius 2 is 1.90 bits per heavy atom. The van der Waals surface area contributed by atoms with Gasteiger partial charge < -0.3 is 14.5 Å². The van der Waals surface area contributed by atoms with Crippen molar-refractivity contribution in [2.45, 2.75) is 39.2 Å². The Labute approximate surface area is 175 Å². The molecule has 1 aliphatic rings. The van der Waals surface area contributed by atoms with Gasteiger partial charge in [-0.1, -0.05) is 36.8 Å². The molecular weight excluding hydrogens is 374 g/mol. The molecule has 0 radical (unpaired) electrons. The van der Waals surface area contributed by atoms with E-state index in [2.05, 4.69) is 26.1 Å². The van der Waals surface area contributed by atoms with Gasteiger partial charge in [0.25, 0.3) is 5.91 Å². The lowest BCUT2D eigenvalue weighted by Crippen LogP contribution is -2.16. The molecule has 0 aliphatic carbocycles. The SMILES string of the molecule is Cc1ccc(-c2nnc3n2CCCCC3)cc1NC(=O)c1cc2ccccc2n1C. The molecule has 2 aromatic carbocycles. The highest BCUT2D eigenvalue weighted by Crippen LogP contribution is 2.28. The summed E-state index contributed by atoms with van der Waals surface area (Å²) < 4.78 is 4.16. The average Bonchev–Trinajstić information content (AvgIpc) is 3.22. The lowest BCUT2D eigenvalue weighted by atomic mass is 10.1. The zero-order chi connectivity index (χ0) is 20.7. The Morgan fingerprint density at radius 1 is 1.03 bits per heavy atom. The molecule has 0 bridgehead atoms. The molecule has 0 saturated carbocycles. The fourth-order valence-electron chi connectivity index (χ4n) is 4.29. The van der Waals surface area contributed by atoms with Crippen LogP contribution >= 0.6 is 0 Å². The van der Waals surface area contributed by atoms with Crippen molar-refractivity contribution in [3.8, 4) is 11.4 Å². The van der Waals surface area contributed by atoms with Crippen LogP contribution < -0.4 is 5.32 Å². The number of nitrogens with zero attached hydrogens (tertiary/aromatic N) is 4. The fourth-order valence-corrected chi connectivity index (χ4v) is 4.29. The van der Waals surface area contributed by atoms with Gasteiger partial charge in [0, 0.05) is 42.2 Å². The minimum Gasteiger partial charge on any atom is -0.340 e. The smallest absolute Gasteiger partial charge is 0.272 e. The van der Waals surface area contributed by atoms with Crippen LogP contribution in [0.2, 0.25) is 0 Å². The molecule has 152 valence electrons. The van der Waals surface area contributed by atoms with E-state index in [0.717, 1.165) is 58.8 Å². The van der Waals surface area contributed by atoms with Gasteiger partial charge in [0.15, 0.2) is 5.82 Å². The zero-order valence-corrected chi connectivity index (χ0v) is 17.4. The number of carbonyl (C=O) groups excluding carboxylic acids is 1. The Bertz CT molecular complexity index is 1250. The van der Waals surface area contributed by atoms with Gasteiger partial charge in [0.05, 0.1) is 0 Å². The highest BCUT2D eigenvalue weighted by atomic mass is 16.1. The summed E-state index contributed by atoms with van der Waals surface area (Å²) in [6.45, 7) is 2.95. The first kappa shape index (κ1) is 18.6. The summed E-state index contributed by atoms with van der Waals surface area (Å²) in [6, 6.07) is 16.1. The number of rotatable bonds is 3. The molecule has 2 aromatic heterocycles. The standard InChI is InChI=1S/C24H25N5O/c1-16-11-12-18(23-27-26-22-10-4-3-7-13-29(22)23)14-19(16)25-24(30)21-15-17-8-5-6-9-20(17)28(21)2/h5-6,8-9,11-12,14-15H,3-4,7,10,13H2,1-2H3,(H,25,30). The van der Waals surface area contributed by atoms with Crippen LogP contribution in [-0.4, -0.2) is 25.2 Å². The first-order chi connectivity index (χ1) is 14.6. The van der Waals surface area contributed by atoms with Crippen LogP contribution in [0.3, 0.4) is 0 Å². The predicted octanol–water partition coefficient (Wildman–Crippen LogP) is 4.72. The molecule has 1 amide bonds. The summed E-state index contributed by atoms with van der Waals surface area (Å²) in [5, 5.41) is 13.0. The molecular formula is C24H25N5O. The number of para-hydroxylation sites is 1. The van der Waals surface area contributed by atoms with Crippen LogP contribution in [0.15, 0.2) is 48.5 Å². The van der Waals surface area contributed by atoms with E-state index in [4.69, 9.17) is 0 Å². The second-order valence-corrected chi connectivity index (χ2v) is 8.03. The van der Waals surface area contributed by atoms with Crippen molar-refractivity contribution in [3.63, 3.8) is 0 Å². The Balaban J connectivity index is 1.48. The number of carbonyl (C=O) groups is 1. The lowest BCUT2D eigenvalue weighted by Gasteiger charge is -2.12. The number of aryl methyl sites for hydroxylation is 3. The second kappa shape index (κ2) is 7.44. The van der Waals surface area contributed by atoms with Crippen LogP contribution in [0, 0.1) is 6.92 Å². The molecule has 0 atom stereocenters. The van der Waals surface area contributed by atoms with Crippen LogP contribution in [0.25, 0.3) is 22.3 Å². The largest absolute Gasteiger partial charge is 0.340 e. The van der Waals surface area contributed by atoms with Gasteiger partial charge in [-0.3, -0.25) is 4.79 Å². The lowest BCUT2D eigenvalue weighted by molar-refractivity contribution is 0.101. The van der Waals surface area contributed by atoms with Gasteiger partial charge in [-0.2, -0.15) is 0 Å². The van der Waals surface area contributed by atoms with Gasteiger partial charge in [-0.25, -0.2) is 0 Å². The summed E-state index contributed by atoms with van der Waals surface area (Å²) in [5.74, 6) is 1.82. The van der Waals surface area contributed by atoms with Gasteiger partial charge in [-0.15, -0.1) is 10.2 Å². The third-order valence-corrected chi connectivity index (χ3v) is 6.04. The Kier molecular flexibility index (Phi) is 4.62. The zero-order valence-electron chi connectivity index (χ0n) is 17.4. The van der Waals surface area contributed by atoms with E-state index in [1.165, 1.54) is 12.8 Å². The third kappa shape index (κ3) is 3.18. The van der Waals surface area contributed by atoms with E-state index < -0.39 is 0 Å². The number of hydrogen-bond donors (Lipinski definition) is 1. The number of hydrogen-bond acceptors (Lipinski definition) is 3. The van der Waals surface area contributed by atoms with Crippen molar-refractivity contribution in [1.29, 1.82) is 0 Å². The molecule has 0 saturated heterocycles. The third-order valence-electron chi connectivity index (χ3n) is 6.04. The minimum atomic E-state index is -0.117. The van der Waals surface area contributed by atoms with E-state index in [9.17, 15) is 4.79 Å². The molecule has 30 heavy (non-hydrogen) atoms. The van der Waals surface area contributed by atoms with Gasteiger partial charge in [-0.05, 0) is 43.5 Å². The van der Waals surface area contributed by atoms with Crippen LogP contribution in [0.1, 0.15) is 41.1 Å². The van der Waals surface area contributed by atoms with Gasteiger partial charge >= 0.3 is 0 Å². The maximum absolute atomic E-state index is 13.1. The van der Waals surface area contributed by atoms with Crippen molar-refractivity contribution in [2.24, 2.45) is 7.05 Å². The predicted molar refractivity (Wildman–Crippen MR) is 119 cm³/mol. The molecule has 4 aromatic rings. The molecule has 1 N–H and O–H groups in total. The average molecular weight is 399 g/mol. The summed E-state index contributed by atoms with van der Waals surface area (Å²) in [5.41, 5.74) is 4.47. The summed E-state index contributed by atoms with van der Waals surface area (Å²) in [6.07, 6.45) is 4.51. The summed E-state index contributed by atoms with van der Waals surface area (Å²) >= 11 is 0. The maximum atomic E-state index is 13.1. The first-order valence-electron chi connectivity index (χ1n) is 10.5. The molecule has 6 heteroatoms. The number of anilines is 1. The second-order valence-electron chi connectivity index (χ2n) is 8.03. The molecule has 5 rings (SSSR count). The maximum Gasteiger partial charge on any atom is 0.272 e. The van der Waals surface area contributed by atoms with Crippen LogP contribution in [-0.2, 0) is 20.0 Å². The van der Waals surface area contributed by atoms with Gasteiger partial charge in [0.2, 0.25) is 0 Å². The van der Waals surface area contributed by atoms with Crippen LogP contribution in [0.4, 0.5) is 5.69 Å². The molecule has 0 spiro atoms. The van der Waals surface area contributed by atoms with E-state index in [1.54, 1.807) is 0 Å². The minimum absolute atomic E-state index is 0.117. The molecule has 0 fully saturated rings. The van der Waals surface area contributed by atoms with E-state index in [1.807, 2.05) is 61.0 Å². The normalized spacial score (nSPS) is 13.8. The molecule has 3 heterocycles. The number of nitrogens with one attached hydrogen (secondary N) is 1. The Hall–Kier alpha value is -3.41. The number of amides is 1.